The first-order chi connectivity index (χ1) is 9.56. The van der Waals surface area contributed by atoms with E-state index in [1.54, 1.807) is 30.3 Å². The number of rotatable bonds is 4. The fourth-order valence-corrected chi connectivity index (χ4v) is 1.92. The summed E-state index contributed by atoms with van der Waals surface area (Å²) >= 11 is 6.02. The lowest BCUT2D eigenvalue weighted by Gasteiger charge is -2.11. The molecule has 1 amide bonds. The molecule has 0 aliphatic carbocycles. The Morgan fingerprint density at radius 3 is 2.60 bits per heavy atom. The van der Waals surface area contributed by atoms with Crippen molar-refractivity contribution in [1.82, 2.24) is 0 Å². The number of para-hydroxylation sites is 1. The van der Waals surface area contributed by atoms with E-state index in [1.165, 1.54) is 0 Å². The third-order valence-corrected chi connectivity index (χ3v) is 2.92. The summed E-state index contributed by atoms with van der Waals surface area (Å²) in [7, 11) is 0. The molecule has 1 N–H and O–H groups in total. The molecule has 0 saturated heterocycles. The maximum Gasteiger partial charge on any atom is 0.255 e. The molecular formula is C16H16ClNO2. The highest BCUT2D eigenvalue weighted by molar-refractivity contribution is 6.33. The average Bonchev–Trinajstić information content (AvgIpc) is 2.41. The van der Waals surface area contributed by atoms with E-state index in [2.05, 4.69) is 5.32 Å². The van der Waals surface area contributed by atoms with Gasteiger partial charge in [-0.25, -0.2) is 0 Å². The molecule has 104 valence electrons. The monoisotopic (exact) mass is 289 g/mol. The van der Waals surface area contributed by atoms with Gasteiger partial charge in [0, 0.05) is 5.56 Å². The highest BCUT2D eigenvalue weighted by Gasteiger charge is 2.09. The number of hydrogen-bond donors (Lipinski definition) is 1. The molecule has 0 radical (unpaired) electrons. The number of carbonyl (C=O) groups excluding carboxylic acids is 1. The predicted octanol–water partition coefficient (Wildman–Crippen LogP) is 4.38. The van der Waals surface area contributed by atoms with Crippen LogP contribution in [0.2, 0.25) is 5.02 Å². The van der Waals surface area contributed by atoms with Gasteiger partial charge in [0.25, 0.3) is 5.91 Å². The van der Waals surface area contributed by atoms with Gasteiger partial charge in [0.05, 0.1) is 16.8 Å². The molecule has 0 aliphatic rings. The Bertz CT molecular complexity index is 611. The fraction of sp³-hybridized carbons (Fsp3) is 0.188. The standard InChI is InChI=1S/C16H16ClNO2/c1-11(2)20-13-7-5-6-12(10-13)16(19)18-15-9-4-3-8-14(15)17/h3-11H,1-2H3,(H,18,19). The normalized spacial score (nSPS) is 10.4. The van der Waals surface area contributed by atoms with E-state index in [-0.39, 0.29) is 12.0 Å². The van der Waals surface area contributed by atoms with Crippen molar-refractivity contribution in [2.24, 2.45) is 0 Å². The second kappa shape index (κ2) is 6.44. The lowest BCUT2D eigenvalue weighted by Crippen LogP contribution is -2.13. The number of carbonyl (C=O) groups is 1. The molecule has 0 aliphatic heterocycles. The zero-order valence-corrected chi connectivity index (χ0v) is 12.1. The maximum absolute atomic E-state index is 12.2. The Labute approximate surface area is 123 Å². The van der Waals surface area contributed by atoms with Crippen molar-refractivity contribution in [2.75, 3.05) is 5.32 Å². The second-order valence-corrected chi connectivity index (χ2v) is 5.04. The van der Waals surface area contributed by atoms with Gasteiger partial charge in [-0.05, 0) is 44.2 Å². The summed E-state index contributed by atoms with van der Waals surface area (Å²) in [6.07, 6.45) is 0.0666. The van der Waals surface area contributed by atoms with Gasteiger partial charge >= 0.3 is 0 Å². The number of amides is 1. The summed E-state index contributed by atoms with van der Waals surface area (Å²) < 4.78 is 5.57. The number of nitrogens with one attached hydrogen (secondary N) is 1. The molecule has 3 nitrogen and oxygen atoms in total. The molecule has 0 unspecified atom stereocenters. The number of halogens is 1. The van der Waals surface area contributed by atoms with Crippen molar-refractivity contribution in [3.05, 3.63) is 59.1 Å². The molecule has 0 spiro atoms. The fourth-order valence-electron chi connectivity index (χ4n) is 1.74. The molecule has 2 rings (SSSR count). The summed E-state index contributed by atoms with van der Waals surface area (Å²) in [6.45, 7) is 3.88. The van der Waals surface area contributed by atoms with Gasteiger partial charge in [-0.15, -0.1) is 0 Å². The lowest BCUT2D eigenvalue weighted by atomic mass is 10.2. The second-order valence-electron chi connectivity index (χ2n) is 4.63. The van der Waals surface area contributed by atoms with Crippen molar-refractivity contribution >= 4 is 23.2 Å². The zero-order valence-electron chi connectivity index (χ0n) is 11.4. The van der Waals surface area contributed by atoms with E-state index in [0.717, 1.165) is 0 Å². The Kier molecular flexibility index (Phi) is 4.64. The highest BCUT2D eigenvalue weighted by Crippen LogP contribution is 2.22. The number of hydrogen-bond acceptors (Lipinski definition) is 2. The van der Waals surface area contributed by atoms with Gasteiger partial charge in [-0.3, -0.25) is 4.79 Å². The van der Waals surface area contributed by atoms with Gasteiger partial charge in [0.2, 0.25) is 0 Å². The Balaban J connectivity index is 2.15. The van der Waals surface area contributed by atoms with Crippen LogP contribution in [0.3, 0.4) is 0 Å². The molecule has 0 aromatic heterocycles. The summed E-state index contributed by atoms with van der Waals surface area (Å²) in [5, 5.41) is 3.29. The minimum atomic E-state index is -0.215. The Hall–Kier alpha value is -2.00. The molecular weight excluding hydrogens is 274 g/mol. The van der Waals surface area contributed by atoms with Crippen LogP contribution in [0.15, 0.2) is 48.5 Å². The van der Waals surface area contributed by atoms with Crippen LogP contribution in [0.4, 0.5) is 5.69 Å². The van der Waals surface area contributed by atoms with Crippen molar-refractivity contribution in [3.8, 4) is 5.75 Å². The van der Waals surface area contributed by atoms with Crippen LogP contribution in [0.1, 0.15) is 24.2 Å². The van der Waals surface area contributed by atoms with Gasteiger partial charge in [-0.1, -0.05) is 29.8 Å². The van der Waals surface area contributed by atoms with Crippen LogP contribution in [0.5, 0.6) is 5.75 Å². The van der Waals surface area contributed by atoms with Crippen molar-refractivity contribution in [3.63, 3.8) is 0 Å². The minimum absolute atomic E-state index is 0.0666. The molecule has 0 heterocycles. The smallest absolute Gasteiger partial charge is 0.255 e. The highest BCUT2D eigenvalue weighted by atomic mass is 35.5. The van der Waals surface area contributed by atoms with Crippen LogP contribution in [-0.2, 0) is 0 Å². The third-order valence-electron chi connectivity index (χ3n) is 2.59. The van der Waals surface area contributed by atoms with Crippen LogP contribution in [-0.4, -0.2) is 12.0 Å². The number of benzene rings is 2. The molecule has 4 heteroatoms. The lowest BCUT2D eigenvalue weighted by molar-refractivity contribution is 0.102. The summed E-state index contributed by atoms with van der Waals surface area (Å²) in [5.74, 6) is 0.458. The summed E-state index contributed by atoms with van der Waals surface area (Å²) in [5.41, 5.74) is 1.12. The van der Waals surface area contributed by atoms with Gasteiger partial charge in [0.1, 0.15) is 5.75 Å². The van der Waals surface area contributed by atoms with E-state index in [4.69, 9.17) is 16.3 Å². The van der Waals surface area contributed by atoms with Crippen LogP contribution in [0, 0.1) is 0 Å². The van der Waals surface area contributed by atoms with E-state index < -0.39 is 0 Å². The van der Waals surface area contributed by atoms with Crippen LogP contribution >= 0.6 is 11.6 Å². The van der Waals surface area contributed by atoms with E-state index in [0.29, 0.717) is 22.0 Å². The molecule has 0 atom stereocenters. The topological polar surface area (TPSA) is 38.3 Å². The third kappa shape index (κ3) is 3.75. The quantitative estimate of drug-likeness (QED) is 0.907. The number of anilines is 1. The van der Waals surface area contributed by atoms with Crippen molar-refractivity contribution < 1.29 is 9.53 Å². The van der Waals surface area contributed by atoms with Gasteiger partial charge in [-0.2, -0.15) is 0 Å². The van der Waals surface area contributed by atoms with E-state index in [1.807, 2.05) is 32.0 Å². The predicted molar refractivity (Wildman–Crippen MR) is 81.6 cm³/mol. The first kappa shape index (κ1) is 14.4. The molecule has 20 heavy (non-hydrogen) atoms. The molecule has 2 aromatic carbocycles. The SMILES string of the molecule is CC(C)Oc1cccc(C(=O)Nc2ccccc2Cl)c1. The summed E-state index contributed by atoms with van der Waals surface area (Å²) in [4.78, 5) is 12.2. The summed E-state index contributed by atoms with van der Waals surface area (Å²) in [6, 6.07) is 14.2. The van der Waals surface area contributed by atoms with Gasteiger partial charge in [0.15, 0.2) is 0 Å². The zero-order chi connectivity index (χ0) is 14.5. The van der Waals surface area contributed by atoms with E-state index in [9.17, 15) is 4.79 Å². The van der Waals surface area contributed by atoms with E-state index >= 15 is 0 Å². The molecule has 0 saturated carbocycles. The van der Waals surface area contributed by atoms with Crippen molar-refractivity contribution in [1.29, 1.82) is 0 Å². The van der Waals surface area contributed by atoms with Crippen LogP contribution < -0.4 is 10.1 Å². The Morgan fingerprint density at radius 2 is 1.90 bits per heavy atom. The van der Waals surface area contributed by atoms with Gasteiger partial charge < -0.3 is 10.1 Å². The van der Waals surface area contributed by atoms with Crippen molar-refractivity contribution in [2.45, 2.75) is 20.0 Å². The molecule has 0 bridgehead atoms. The number of ether oxygens (including phenoxy) is 1. The first-order valence-electron chi connectivity index (χ1n) is 6.39. The minimum Gasteiger partial charge on any atom is -0.491 e. The average molecular weight is 290 g/mol. The first-order valence-corrected chi connectivity index (χ1v) is 6.76. The largest absolute Gasteiger partial charge is 0.491 e. The Morgan fingerprint density at radius 1 is 1.15 bits per heavy atom. The van der Waals surface area contributed by atoms with Crippen LogP contribution in [0.25, 0.3) is 0 Å². The molecule has 2 aromatic rings. The molecule has 0 fully saturated rings. The maximum atomic E-state index is 12.2.